The highest BCUT2D eigenvalue weighted by atomic mass is 32.2. The van der Waals surface area contributed by atoms with Crippen LogP contribution in [0.2, 0.25) is 0 Å². The largest absolute Gasteiger partial charge is 0.480 e. The molecule has 2 aliphatic rings. The van der Waals surface area contributed by atoms with Gasteiger partial charge in [-0.05, 0) is 25.2 Å². The van der Waals surface area contributed by atoms with Crippen LogP contribution in [0.25, 0.3) is 0 Å². The van der Waals surface area contributed by atoms with E-state index < -0.39 is 27.9 Å². The number of likely N-dealkylation sites (tertiary alicyclic amines) is 1. The van der Waals surface area contributed by atoms with Gasteiger partial charge in [0.2, 0.25) is 15.9 Å². The standard InChI is InChI=1S/C13H22N2O5S/c1-14(21(2,19)20)8-12(16)15-10-6-4-3-5-9(10)7-11(15)13(17)18/h9-11H,3-8H2,1-2H3,(H,17,18)/t9-,10-,11+/m1/s1. The zero-order valence-electron chi connectivity index (χ0n) is 12.4. The first-order valence-electron chi connectivity index (χ1n) is 7.17. The lowest BCUT2D eigenvalue weighted by atomic mass is 9.85. The number of carbonyl (C=O) groups is 2. The fraction of sp³-hybridized carbons (Fsp3) is 0.846. The van der Waals surface area contributed by atoms with Crippen LogP contribution in [0.4, 0.5) is 0 Å². The van der Waals surface area contributed by atoms with Crippen molar-refractivity contribution in [2.24, 2.45) is 5.92 Å². The van der Waals surface area contributed by atoms with Gasteiger partial charge in [-0.2, -0.15) is 4.31 Å². The molecule has 120 valence electrons. The number of hydrogen-bond donors (Lipinski definition) is 1. The van der Waals surface area contributed by atoms with Crippen molar-refractivity contribution in [2.75, 3.05) is 19.8 Å². The Morgan fingerprint density at radius 2 is 1.90 bits per heavy atom. The third-order valence-corrected chi connectivity index (χ3v) is 5.85. The Bertz CT molecular complexity index is 533. The summed E-state index contributed by atoms with van der Waals surface area (Å²) in [5.74, 6) is -1.18. The minimum atomic E-state index is -3.46. The van der Waals surface area contributed by atoms with Gasteiger partial charge >= 0.3 is 5.97 Å². The first-order valence-corrected chi connectivity index (χ1v) is 9.02. The molecule has 2 rings (SSSR count). The maximum Gasteiger partial charge on any atom is 0.326 e. The summed E-state index contributed by atoms with van der Waals surface area (Å²) >= 11 is 0. The molecule has 1 saturated heterocycles. The summed E-state index contributed by atoms with van der Waals surface area (Å²) in [6.45, 7) is -0.300. The lowest BCUT2D eigenvalue weighted by molar-refractivity contribution is -0.149. The monoisotopic (exact) mass is 318 g/mol. The SMILES string of the molecule is CN(CC(=O)N1[C@@H]2CCCC[C@@H]2C[C@H]1C(=O)O)S(C)(=O)=O. The molecule has 1 aliphatic carbocycles. The van der Waals surface area contributed by atoms with Crippen molar-refractivity contribution in [2.45, 2.75) is 44.2 Å². The van der Waals surface area contributed by atoms with E-state index in [1.807, 2.05) is 0 Å². The van der Waals surface area contributed by atoms with Crippen LogP contribution in [0, 0.1) is 5.92 Å². The van der Waals surface area contributed by atoms with Crippen LogP contribution in [0.3, 0.4) is 0 Å². The summed E-state index contributed by atoms with van der Waals surface area (Å²) in [7, 11) is -2.13. The number of sulfonamides is 1. The Kier molecular flexibility index (Phi) is 4.57. The summed E-state index contributed by atoms with van der Waals surface area (Å²) in [4.78, 5) is 25.3. The fourth-order valence-electron chi connectivity index (χ4n) is 3.43. The van der Waals surface area contributed by atoms with Crippen LogP contribution < -0.4 is 0 Å². The van der Waals surface area contributed by atoms with E-state index in [1.165, 1.54) is 11.9 Å². The number of rotatable bonds is 4. The number of nitrogens with zero attached hydrogens (tertiary/aromatic N) is 2. The number of hydrogen-bond acceptors (Lipinski definition) is 4. The second-order valence-electron chi connectivity index (χ2n) is 6.02. The first-order chi connectivity index (χ1) is 9.71. The molecule has 0 aromatic carbocycles. The molecular weight excluding hydrogens is 296 g/mol. The van der Waals surface area contributed by atoms with Gasteiger partial charge in [-0.3, -0.25) is 4.79 Å². The zero-order valence-corrected chi connectivity index (χ0v) is 13.2. The van der Waals surface area contributed by atoms with Gasteiger partial charge in [0.1, 0.15) is 6.04 Å². The van der Waals surface area contributed by atoms with Crippen molar-refractivity contribution < 1.29 is 23.1 Å². The molecule has 0 spiro atoms. The van der Waals surface area contributed by atoms with Crippen molar-refractivity contribution in [3.63, 3.8) is 0 Å². The Labute approximate surface area is 125 Å². The number of carboxylic acids is 1. The van der Waals surface area contributed by atoms with Crippen LogP contribution in [-0.4, -0.2) is 66.5 Å². The molecule has 1 heterocycles. The highest BCUT2D eigenvalue weighted by molar-refractivity contribution is 7.88. The molecule has 1 N–H and O–H groups in total. The summed E-state index contributed by atoms with van der Waals surface area (Å²) in [5, 5.41) is 9.35. The number of likely N-dealkylation sites (N-methyl/N-ethyl adjacent to an activating group) is 1. The van der Waals surface area contributed by atoms with Gasteiger partial charge in [0, 0.05) is 13.1 Å². The lowest BCUT2D eigenvalue weighted by Crippen LogP contribution is -2.50. The Morgan fingerprint density at radius 1 is 1.29 bits per heavy atom. The zero-order chi connectivity index (χ0) is 15.8. The molecular formula is C13H22N2O5S. The maximum atomic E-state index is 12.4. The quantitative estimate of drug-likeness (QED) is 0.794. The summed E-state index contributed by atoms with van der Waals surface area (Å²) in [6.07, 6.45) is 5.32. The van der Waals surface area contributed by atoms with Crippen LogP contribution in [0.15, 0.2) is 0 Å². The van der Waals surface area contributed by atoms with E-state index in [1.54, 1.807) is 0 Å². The van der Waals surface area contributed by atoms with Crippen molar-refractivity contribution in [3.05, 3.63) is 0 Å². The Hall–Kier alpha value is -1.15. The summed E-state index contributed by atoms with van der Waals surface area (Å²) < 4.78 is 23.8. The van der Waals surface area contributed by atoms with Crippen LogP contribution in [-0.2, 0) is 19.6 Å². The molecule has 1 amide bonds. The van der Waals surface area contributed by atoms with Gasteiger partial charge < -0.3 is 10.0 Å². The van der Waals surface area contributed by atoms with Gasteiger partial charge in [-0.1, -0.05) is 12.8 Å². The van der Waals surface area contributed by atoms with Gasteiger partial charge in [0.05, 0.1) is 12.8 Å². The Morgan fingerprint density at radius 3 is 2.48 bits per heavy atom. The molecule has 0 aromatic heterocycles. The number of amides is 1. The van der Waals surface area contributed by atoms with Crippen molar-refractivity contribution >= 4 is 21.9 Å². The average Bonchev–Trinajstić information content (AvgIpc) is 2.76. The van der Waals surface area contributed by atoms with E-state index in [0.29, 0.717) is 6.42 Å². The average molecular weight is 318 g/mol. The third kappa shape index (κ3) is 3.37. The van der Waals surface area contributed by atoms with Gasteiger partial charge in [0.25, 0.3) is 0 Å². The molecule has 0 radical (unpaired) electrons. The van der Waals surface area contributed by atoms with Crippen molar-refractivity contribution in [1.82, 2.24) is 9.21 Å². The highest BCUT2D eigenvalue weighted by Gasteiger charge is 2.47. The fourth-order valence-corrected chi connectivity index (χ4v) is 3.77. The van der Waals surface area contributed by atoms with E-state index in [0.717, 1.165) is 36.2 Å². The maximum absolute atomic E-state index is 12.4. The van der Waals surface area contributed by atoms with Gasteiger partial charge in [-0.15, -0.1) is 0 Å². The molecule has 7 nitrogen and oxygen atoms in total. The molecule has 8 heteroatoms. The second-order valence-corrected chi connectivity index (χ2v) is 8.11. The van der Waals surface area contributed by atoms with E-state index in [-0.39, 0.29) is 18.5 Å². The van der Waals surface area contributed by atoms with Gasteiger partial charge in [0.15, 0.2) is 0 Å². The number of carbonyl (C=O) groups excluding carboxylic acids is 1. The van der Waals surface area contributed by atoms with Crippen LogP contribution in [0.1, 0.15) is 32.1 Å². The van der Waals surface area contributed by atoms with E-state index in [4.69, 9.17) is 0 Å². The summed E-state index contributed by atoms with van der Waals surface area (Å²) in [5.41, 5.74) is 0. The Balaban J connectivity index is 2.17. The minimum Gasteiger partial charge on any atom is -0.480 e. The summed E-state index contributed by atoms with van der Waals surface area (Å²) in [6, 6.07) is -0.876. The van der Waals surface area contributed by atoms with E-state index in [9.17, 15) is 23.1 Å². The predicted octanol–water partition coefficient (Wildman–Crippen LogP) is 0.122. The van der Waals surface area contributed by atoms with E-state index in [2.05, 4.69) is 0 Å². The molecule has 1 saturated carbocycles. The topological polar surface area (TPSA) is 95.0 Å². The number of aliphatic carboxylic acids is 1. The van der Waals surface area contributed by atoms with E-state index >= 15 is 0 Å². The van der Waals surface area contributed by atoms with Crippen LogP contribution >= 0.6 is 0 Å². The molecule has 1 aliphatic heterocycles. The molecule has 0 aromatic rings. The predicted molar refractivity (Wildman–Crippen MR) is 76.1 cm³/mol. The van der Waals surface area contributed by atoms with Crippen molar-refractivity contribution in [3.8, 4) is 0 Å². The molecule has 0 unspecified atom stereocenters. The normalized spacial score (nSPS) is 29.5. The second kappa shape index (κ2) is 5.92. The minimum absolute atomic E-state index is 0.0553. The highest BCUT2D eigenvalue weighted by Crippen LogP contribution is 2.39. The molecule has 3 atom stereocenters. The first kappa shape index (κ1) is 16.2. The van der Waals surface area contributed by atoms with Crippen LogP contribution in [0.5, 0.6) is 0 Å². The smallest absolute Gasteiger partial charge is 0.326 e. The van der Waals surface area contributed by atoms with Crippen molar-refractivity contribution in [1.29, 1.82) is 0 Å². The van der Waals surface area contributed by atoms with Gasteiger partial charge in [-0.25, -0.2) is 13.2 Å². The number of fused-ring (bicyclic) bond motifs is 1. The number of carboxylic acid groups (broad SMARTS) is 1. The third-order valence-electron chi connectivity index (χ3n) is 4.59. The molecule has 2 fully saturated rings. The molecule has 0 bridgehead atoms. The lowest BCUT2D eigenvalue weighted by Gasteiger charge is -2.33. The molecule has 21 heavy (non-hydrogen) atoms.